The lowest BCUT2D eigenvalue weighted by molar-refractivity contribution is 0.126. The Bertz CT molecular complexity index is 410. The van der Waals surface area contributed by atoms with Crippen molar-refractivity contribution in [2.45, 2.75) is 6.92 Å². The van der Waals surface area contributed by atoms with Crippen LogP contribution < -0.4 is 5.32 Å². The van der Waals surface area contributed by atoms with Crippen LogP contribution >= 0.6 is 0 Å². The SMILES string of the molecule is Cc1cccc(C#N)c1NCCOCCN(C)C. The second kappa shape index (κ2) is 7.70. The van der Waals surface area contributed by atoms with E-state index in [1.807, 2.05) is 39.2 Å². The predicted molar refractivity (Wildman–Crippen MR) is 73.8 cm³/mol. The smallest absolute Gasteiger partial charge is 0.101 e. The maximum atomic E-state index is 9.02. The van der Waals surface area contributed by atoms with Crippen LogP contribution in [0, 0.1) is 18.3 Å². The van der Waals surface area contributed by atoms with Crippen molar-refractivity contribution in [3.8, 4) is 6.07 Å². The van der Waals surface area contributed by atoms with Crippen LogP contribution in [0.3, 0.4) is 0 Å². The standard InChI is InChI=1S/C14H21N3O/c1-12-5-4-6-13(11-15)14(12)16-7-9-18-10-8-17(2)3/h4-6,16H,7-10H2,1-3H3. The highest BCUT2D eigenvalue weighted by atomic mass is 16.5. The van der Waals surface area contributed by atoms with Gasteiger partial charge >= 0.3 is 0 Å². The quantitative estimate of drug-likeness (QED) is 0.747. The number of rotatable bonds is 7. The summed E-state index contributed by atoms with van der Waals surface area (Å²) < 4.78 is 5.49. The van der Waals surface area contributed by atoms with Crippen LogP contribution in [0.25, 0.3) is 0 Å². The highest BCUT2D eigenvalue weighted by Crippen LogP contribution is 2.18. The first-order valence-electron chi connectivity index (χ1n) is 6.11. The van der Waals surface area contributed by atoms with Crippen LogP contribution in [0.15, 0.2) is 18.2 Å². The first-order chi connectivity index (χ1) is 8.65. The van der Waals surface area contributed by atoms with Gasteiger partial charge in [-0.2, -0.15) is 5.26 Å². The van der Waals surface area contributed by atoms with Gasteiger partial charge in [0.05, 0.1) is 24.5 Å². The van der Waals surface area contributed by atoms with Gasteiger partial charge in [0.1, 0.15) is 6.07 Å². The zero-order chi connectivity index (χ0) is 13.4. The highest BCUT2D eigenvalue weighted by molar-refractivity contribution is 5.62. The van der Waals surface area contributed by atoms with E-state index in [0.717, 1.165) is 24.4 Å². The van der Waals surface area contributed by atoms with Gasteiger partial charge in [-0.15, -0.1) is 0 Å². The average Bonchev–Trinajstić information content (AvgIpc) is 2.34. The molecule has 0 atom stereocenters. The molecule has 0 aromatic heterocycles. The van der Waals surface area contributed by atoms with Gasteiger partial charge in [-0.25, -0.2) is 0 Å². The van der Waals surface area contributed by atoms with Crippen LogP contribution in [0.5, 0.6) is 0 Å². The Morgan fingerprint density at radius 1 is 1.33 bits per heavy atom. The Labute approximate surface area is 109 Å². The second-order valence-corrected chi connectivity index (χ2v) is 4.45. The van der Waals surface area contributed by atoms with Gasteiger partial charge < -0.3 is 15.0 Å². The minimum atomic E-state index is 0.646. The summed E-state index contributed by atoms with van der Waals surface area (Å²) in [5.41, 5.74) is 2.68. The second-order valence-electron chi connectivity index (χ2n) is 4.45. The molecule has 0 bridgehead atoms. The normalized spacial score (nSPS) is 10.4. The largest absolute Gasteiger partial charge is 0.381 e. The van der Waals surface area contributed by atoms with Gasteiger partial charge in [0, 0.05) is 13.1 Å². The van der Waals surface area contributed by atoms with E-state index in [1.165, 1.54) is 0 Å². The maximum Gasteiger partial charge on any atom is 0.101 e. The Morgan fingerprint density at radius 2 is 2.11 bits per heavy atom. The fourth-order valence-electron chi connectivity index (χ4n) is 1.59. The molecule has 4 nitrogen and oxygen atoms in total. The van der Waals surface area contributed by atoms with Gasteiger partial charge in [-0.1, -0.05) is 12.1 Å². The number of para-hydroxylation sites is 1. The van der Waals surface area contributed by atoms with Crippen molar-refractivity contribution in [2.24, 2.45) is 0 Å². The van der Waals surface area contributed by atoms with E-state index in [1.54, 1.807) is 0 Å². The summed E-state index contributed by atoms with van der Waals surface area (Å²) in [4.78, 5) is 2.09. The molecule has 0 radical (unpaired) electrons. The van der Waals surface area contributed by atoms with Gasteiger partial charge in [0.2, 0.25) is 0 Å². The van der Waals surface area contributed by atoms with Crippen molar-refractivity contribution < 1.29 is 4.74 Å². The summed E-state index contributed by atoms with van der Waals surface area (Å²) in [5, 5.41) is 12.3. The molecule has 0 fully saturated rings. The highest BCUT2D eigenvalue weighted by Gasteiger charge is 2.03. The molecule has 0 saturated carbocycles. The molecule has 0 aliphatic heterocycles. The summed E-state index contributed by atoms with van der Waals surface area (Å²) in [6.45, 7) is 5.01. The molecular formula is C14H21N3O. The van der Waals surface area contributed by atoms with Crippen LogP contribution in [0.4, 0.5) is 5.69 Å². The fraction of sp³-hybridized carbons (Fsp3) is 0.500. The number of hydrogen-bond acceptors (Lipinski definition) is 4. The number of nitrogens with one attached hydrogen (secondary N) is 1. The Hall–Kier alpha value is -1.57. The molecule has 0 aliphatic rings. The minimum Gasteiger partial charge on any atom is -0.381 e. The number of hydrogen-bond donors (Lipinski definition) is 1. The monoisotopic (exact) mass is 247 g/mol. The van der Waals surface area contributed by atoms with Gasteiger partial charge in [0.25, 0.3) is 0 Å². The zero-order valence-corrected chi connectivity index (χ0v) is 11.4. The average molecular weight is 247 g/mol. The Balaban J connectivity index is 2.34. The summed E-state index contributed by atoms with van der Waals surface area (Å²) in [6, 6.07) is 7.91. The summed E-state index contributed by atoms with van der Waals surface area (Å²) >= 11 is 0. The Morgan fingerprint density at radius 3 is 2.78 bits per heavy atom. The van der Waals surface area contributed by atoms with Crippen molar-refractivity contribution in [3.63, 3.8) is 0 Å². The maximum absolute atomic E-state index is 9.02. The number of nitrogens with zero attached hydrogens (tertiary/aromatic N) is 2. The van der Waals surface area contributed by atoms with Gasteiger partial charge in [-0.05, 0) is 32.6 Å². The van der Waals surface area contributed by atoms with E-state index in [-0.39, 0.29) is 0 Å². The molecule has 0 aliphatic carbocycles. The first kappa shape index (κ1) is 14.5. The lowest BCUT2D eigenvalue weighted by Gasteiger charge is -2.12. The van der Waals surface area contributed by atoms with E-state index < -0.39 is 0 Å². The Kier molecular flexibility index (Phi) is 6.20. The molecule has 0 heterocycles. The zero-order valence-electron chi connectivity index (χ0n) is 11.4. The third-order valence-corrected chi connectivity index (χ3v) is 2.62. The van der Waals surface area contributed by atoms with Crippen LogP contribution in [-0.2, 0) is 4.74 Å². The number of nitriles is 1. The molecular weight excluding hydrogens is 226 g/mol. The number of ether oxygens (including phenoxy) is 1. The van der Waals surface area contributed by atoms with Crippen molar-refractivity contribution in [2.75, 3.05) is 45.7 Å². The minimum absolute atomic E-state index is 0.646. The van der Waals surface area contributed by atoms with Crippen molar-refractivity contribution in [3.05, 3.63) is 29.3 Å². The number of anilines is 1. The molecule has 1 aromatic rings. The van der Waals surface area contributed by atoms with Crippen LogP contribution in [0.2, 0.25) is 0 Å². The molecule has 1 aromatic carbocycles. The first-order valence-corrected chi connectivity index (χ1v) is 6.11. The molecule has 0 unspecified atom stereocenters. The lowest BCUT2D eigenvalue weighted by atomic mass is 10.1. The molecule has 98 valence electrons. The van der Waals surface area contributed by atoms with Gasteiger partial charge in [0.15, 0.2) is 0 Å². The van der Waals surface area contributed by atoms with Gasteiger partial charge in [-0.3, -0.25) is 0 Å². The summed E-state index contributed by atoms with van der Waals surface area (Å²) in [7, 11) is 4.04. The fourth-order valence-corrected chi connectivity index (χ4v) is 1.59. The molecule has 1 N–H and O–H groups in total. The molecule has 0 spiro atoms. The molecule has 0 amide bonds. The van der Waals surface area contributed by atoms with E-state index in [0.29, 0.717) is 18.7 Å². The van der Waals surface area contributed by atoms with Crippen molar-refractivity contribution in [1.82, 2.24) is 4.90 Å². The predicted octanol–water partition coefficient (Wildman–Crippen LogP) is 1.86. The van der Waals surface area contributed by atoms with Crippen molar-refractivity contribution >= 4 is 5.69 Å². The lowest BCUT2D eigenvalue weighted by Crippen LogP contribution is -2.20. The topological polar surface area (TPSA) is 48.3 Å². The van der Waals surface area contributed by atoms with E-state index in [2.05, 4.69) is 16.3 Å². The molecule has 4 heteroatoms. The molecule has 18 heavy (non-hydrogen) atoms. The van der Waals surface area contributed by atoms with E-state index in [4.69, 9.17) is 10.00 Å². The number of benzene rings is 1. The number of aryl methyl sites for hydroxylation is 1. The van der Waals surface area contributed by atoms with E-state index >= 15 is 0 Å². The summed E-state index contributed by atoms with van der Waals surface area (Å²) in [6.07, 6.45) is 0. The molecule has 1 rings (SSSR count). The van der Waals surface area contributed by atoms with E-state index in [9.17, 15) is 0 Å². The molecule has 0 saturated heterocycles. The number of likely N-dealkylation sites (N-methyl/N-ethyl adjacent to an activating group) is 1. The summed E-state index contributed by atoms with van der Waals surface area (Å²) in [5.74, 6) is 0. The van der Waals surface area contributed by atoms with Crippen molar-refractivity contribution in [1.29, 1.82) is 5.26 Å². The van der Waals surface area contributed by atoms with Crippen LogP contribution in [-0.4, -0.2) is 45.3 Å². The van der Waals surface area contributed by atoms with Crippen LogP contribution in [0.1, 0.15) is 11.1 Å². The third kappa shape index (κ3) is 4.74. The third-order valence-electron chi connectivity index (χ3n) is 2.62.